The minimum absolute atomic E-state index is 0.191. The van der Waals surface area contributed by atoms with Crippen molar-refractivity contribution >= 4 is 52.1 Å². The number of nitrogens with one attached hydrogen (secondary N) is 1. The lowest BCUT2D eigenvalue weighted by Gasteiger charge is -2.24. The number of rotatable bonds is 10. The molecule has 2 amide bonds. The molecule has 0 bridgehead atoms. The molecular weight excluding hydrogens is 555 g/mol. The van der Waals surface area contributed by atoms with Crippen molar-refractivity contribution in [3.63, 3.8) is 0 Å². The van der Waals surface area contributed by atoms with E-state index in [9.17, 15) is 22.8 Å². The van der Waals surface area contributed by atoms with E-state index in [1.54, 1.807) is 12.0 Å². The van der Waals surface area contributed by atoms with E-state index in [1.165, 1.54) is 53.4 Å². The standard InChI is InChI=1S/C27H23ClF3N3O4S/c1-37-21-10-2-17(3-11-21)14-15-33-23(25(36)34(26(33)39)20-8-4-18(29)5-9-20)16-24(35)32-19-6-12-22(13-7-19)38-27(28,30)31/h2-13,23H,14-16H2,1H3,(H,32,35)/t23-/m1/s1. The molecule has 0 aliphatic carbocycles. The number of methoxy groups -OCH3 is 1. The van der Waals surface area contributed by atoms with Gasteiger partial charge in [-0.3, -0.25) is 14.5 Å². The molecule has 0 radical (unpaired) electrons. The smallest absolute Gasteiger partial charge is 0.487 e. The van der Waals surface area contributed by atoms with Crippen molar-refractivity contribution in [1.82, 2.24) is 4.90 Å². The van der Waals surface area contributed by atoms with Crippen LogP contribution in [0.3, 0.4) is 0 Å². The summed E-state index contributed by atoms with van der Waals surface area (Å²) in [4.78, 5) is 29.4. The van der Waals surface area contributed by atoms with Crippen LogP contribution >= 0.6 is 23.8 Å². The molecule has 1 N–H and O–H groups in total. The molecule has 4 rings (SSSR count). The van der Waals surface area contributed by atoms with Gasteiger partial charge in [0.25, 0.3) is 5.91 Å². The number of alkyl halides is 3. The summed E-state index contributed by atoms with van der Waals surface area (Å²) >= 11 is 10.4. The van der Waals surface area contributed by atoms with E-state index >= 15 is 0 Å². The molecule has 204 valence electrons. The van der Waals surface area contributed by atoms with E-state index in [-0.39, 0.29) is 17.3 Å². The molecule has 1 atom stereocenters. The van der Waals surface area contributed by atoms with Crippen LogP contribution in [0.2, 0.25) is 0 Å². The SMILES string of the molecule is COc1ccc(CCN2C(=S)N(c3ccc(F)cc3)C(=O)[C@H]2CC(=O)Nc2ccc(OC(F)(F)Cl)cc2)cc1. The van der Waals surface area contributed by atoms with Crippen LogP contribution in [-0.2, 0) is 16.0 Å². The highest BCUT2D eigenvalue weighted by molar-refractivity contribution is 7.80. The zero-order valence-corrected chi connectivity index (χ0v) is 22.1. The minimum Gasteiger partial charge on any atom is -0.497 e. The zero-order valence-electron chi connectivity index (χ0n) is 20.6. The molecule has 1 saturated heterocycles. The molecule has 1 aliphatic heterocycles. The van der Waals surface area contributed by atoms with Gasteiger partial charge in [-0.25, -0.2) is 4.39 Å². The first kappa shape index (κ1) is 28.2. The molecule has 3 aromatic carbocycles. The number of carbonyl (C=O) groups is 2. The number of anilines is 2. The van der Waals surface area contributed by atoms with Gasteiger partial charge in [-0.2, -0.15) is 0 Å². The number of carbonyl (C=O) groups excluding carboxylic acids is 2. The maximum atomic E-state index is 13.5. The lowest BCUT2D eigenvalue weighted by molar-refractivity contribution is -0.124. The summed E-state index contributed by atoms with van der Waals surface area (Å²) < 4.78 is 48.6. The van der Waals surface area contributed by atoms with Crippen molar-refractivity contribution in [3.8, 4) is 11.5 Å². The number of halogens is 4. The van der Waals surface area contributed by atoms with E-state index in [4.69, 9.17) is 28.6 Å². The molecule has 1 fully saturated rings. The maximum absolute atomic E-state index is 13.5. The summed E-state index contributed by atoms with van der Waals surface area (Å²) in [5.74, 6) is -0.871. The van der Waals surface area contributed by atoms with Crippen LogP contribution in [0.1, 0.15) is 12.0 Å². The molecule has 0 saturated carbocycles. The van der Waals surface area contributed by atoms with Crippen molar-refractivity contribution in [2.45, 2.75) is 24.5 Å². The van der Waals surface area contributed by atoms with Crippen LogP contribution in [0.5, 0.6) is 11.5 Å². The van der Waals surface area contributed by atoms with Crippen molar-refractivity contribution in [1.29, 1.82) is 0 Å². The highest BCUT2D eigenvalue weighted by Gasteiger charge is 2.44. The Morgan fingerprint density at radius 3 is 2.23 bits per heavy atom. The third kappa shape index (κ3) is 7.18. The Bertz CT molecular complexity index is 1340. The Kier molecular flexibility index (Phi) is 8.61. The van der Waals surface area contributed by atoms with Crippen molar-refractivity contribution < 1.29 is 32.2 Å². The molecule has 1 aliphatic rings. The van der Waals surface area contributed by atoms with E-state index in [2.05, 4.69) is 10.1 Å². The second kappa shape index (κ2) is 11.9. The number of ether oxygens (including phenoxy) is 2. The second-order valence-electron chi connectivity index (χ2n) is 8.56. The Balaban J connectivity index is 1.50. The van der Waals surface area contributed by atoms with Gasteiger partial charge in [-0.15, -0.1) is 8.78 Å². The van der Waals surface area contributed by atoms with Crippen LogP contribution in [0, 0.1) is 5.82 Å². The lowest BCUT2D eigenvalue weighted by atomic mass is 10.1. The number of thiocarbonyl (C=S) groups is 1. The summed E-state index contributed by atoms with van der Waals surface area (Å²) in [5.41, 5.74) is -2.20. The lowest BCUT2D eigenvalue weighted by Crippen LogP contribution is -2.39. The zero-order chi connectivity index (χ0) is 28.2. The van der Waals surface area contributed by atoms with E-state index in [0.717, 1.165) is 5.56 Å². The monoisotopic (exact) mass is 577 g/mol. The van der Waals surface area contributed by atoms with Gasteiger partial charge in [-0.05, 0) is 84.9 Å². The van der Waals surface area contributed by atoms with Crippen molar-refractivity contribution in [2.75, 3.05) is 23.9 Å². The van der Waals surface area contributed by atoms with Crippen LogP contribution < -0.4 is 19.7 Å². The predicted octanol–water partition coefficient (Wildman–Crippen LogP) is 5.58. The summed E-state index contributed by atoms with van der Waals surface area (Å²) in [6.07, 6.45) is 0.288. The van der Waals surface area contributed by atoms with Gasteiger partial charge in [-0.1, -0.05) is 12.1 Å². The van der Waals surface area contributed by atoms with Gasteiger partial charge >= 0.3 is 5.57 Å². The molecule has 0 spiro atoms. The highest BCUT2D eigenvalue weighted by Crippen LogP contribution is 2.29. The van der Waals surface area contributed by atoms with E-state index in [0.29, 0.717) is 30.1 Å². The Hall–Kier alpha value is -3.83. The second-order valence-corrected chi connectivity index (χ2v) is 9.37. The maximum Gasteiger partial charge on any atom is 0.487 e. The van der Waals surface area contributed by atoms with Crippen molar-refractivity contribution in [3.05, 3.63) is 84.2 Å². The number of benzene rings is 3. The van der Waals surface area contributed by atoms with Crippen molar-refractivity contribution in [2.24, 2.45) is 0 Å². The fourth-order valence-corrected chi connectivity index (χ4v) is 4.59. The first-order chi connectivity index (χ1) is 18.5. The van der Waals surface area contributed by atoms with Gasteiger partial charge in [0, 0.05) is 23.8 Å². The fraction of sp³-hybridized carbons (Fsp3) is 0.222. The highest BCUT2D eigenvalue weighted by atomic mass is 35.5. The van der Waals surface area contributed by atoms with Crippen LogP contribution in [0.25, 0.3) is 0 Å². The largest absolute Gasteiger partial charge is 0.497 e. The van der Waals surface area contributed by atoms with Crippen LogP contribution in [-0.4, -0.2) is 47.1 Å². The van der Waals surface area contributed by atoms with Crippen LogP contribution in [0.4, 0.5) is 24.5 Å². The molecule has 3 aromatic rings. The minimum atomic E-state index is -3.86. The third-order valence-corrected chi connectivity index (χ3v) is 6.45. The first-order valence-electron chi connectivity index (χ1n) is 11.7. The number of amides is 2. The predicted molar refractivity (Wildman–Crippen MR) is 145 cm³/mol. The normalized spacial score (nSPS) is 15.5. The molecule has 0 unspecified atom stereocenters. The Morgan fingerprint density at radius 1 is 1.03 bits per heavy atom. The quantitative estimate of drug-likeness (QED) is 0.251. The molecule has 1 heterocycles. The molecule has 12 heteroatoms. The van der Waals surface area contributed by atoms with Gasteiger partial charge in [0.15, 0.2) is 5.11 Å². The van der Waals surface area contributed by atoms with E-state index < -0.39 is 29.2 Å². The molecular formula is C27H23ClF3N3O4S. The third-order valence-electron chi connectivity index (χ3n) is 5.95. The topological polar surface area (TPSA) is 71.1 Å². The fourth-order valence-electron chi connectivity index (χ4n) is 4.08. The number of hydrogen-bond donors (Lipinski definition) is 1. The summed E-state index contributed by atoms with van der Waals surface area (Å²) in [5, 5.41) is 2.84. The van der Waals surface area contributed by atoms with Crippen LogP contribution in [0.15, 0.2) is 72.8 Å². The van der Waals surface area contributed by atoms with E-state index in [1.807, 2.05) is 24.3 Å². The van der Waals surface area contributed by atoms with Gasteiger partial charge in [0.1, 0.15) is 23.4 Å². The number of nitrogens with zero attached hydrogens (tertiary/aromatic N) is 2. The first-order valence-corrected chi connectivity index (χ1v) is 12.5. The van der Waals surface area contributed by atoms with Gasteiger partial charge < -0.3 is 19.7 Å². The average Bonchev–Trinajstić information content (AvgIpc) is 3.12. The summed E-state index contributed by atoms with van der Waals surface area (Å²) in [6, 6.07) is 17.0. The molecule has 39 heavy (non-hydrogen) atoms. The van der Waals surface area contributed by atoms with Gasteiger partial charge in [0.2, 0.25) is 5.91 Å². The average molecular weight is 578 g/mol. The molecule has 0 aromatic heterocycles. The molecule has 7 nitrogen and oxygen atoms in total. The van der Waals surface area contributed by atoms with Gasteiger partial charge in [0.05, 0.1) is 19.2 Å². The Morgan fingerprint density at radius 2 is 1.64 bits per heavy atom. The number of hydrogen-bond acceptors (Lipinski definition) is 5. The summed E-state index contributed by atoms with van der Waals surface area (Å²) in [6.45, 7) is 0.339. The summed E-state index contributed by atoms with van der Waals surface area (Å²) in [7, 11) is 1.57. The Labute approximate surface area is 233 Å².